The molecule has 0 bridgehead atoms. The summed E-state index contributed by atoms with van der Waals surface area (Å²) in [6.45, 7) is 5.53. The number of benzene rings is 2. The lowest BCUT2D eigenvalue weighted by molar-refractivity contribution is 0.0952. The Kier molecular flexibility index (Phi) is 9.99. The summed E-state index contributed by atoms with van der Waals surface area (Å²) in [6.07, 6.45) is 3.66. The molecule has 32 heavy (non-hydrogen) atoms. The van der Waals surface area contributed by atoms with Crippen LogP contribution in [0.2, 0.25) is 0 Å². The molecule has 0 aliphatic carbocycles. The minimum atomic E-state index is -0.324. The summed E-state index contributed by atoms with van der Waals surface area (Å²) in [5.74, 6) is 0.302. The lowest BCUT2D eigenvalue weighted by atomic mass is 10.1. The van der Waals surface area contributed by atoms with Gasteiger partial charge in [0.25, 0.3) is 5.91 Å². The Balaban J connectivity index is 0.00000363. The number of hydrogen-bond acceptors (Lipinski definition) is 4. The number of amides is 1. The van der Waals surface area contributed by atoms with Crippen molar-refractivity contribution in [2.45, 2.75) is 19.9 Å². The molecule has 9 heteroatoms. The fraction of sp³-hybridized carbons (Fsp3) is 0.261. The highest BCUT2D eigenvalue weighted by Crippen LogP contribution is 2.17. The summed E-state index contributed by atoms with van der Waals surface area (Å²) in [7, 11) is 0. The number of carbonyl (C=O) groups is 1. The van der Waals surface area contributed by atoms with Crippen LogP contribution in [0.15, 0.2) is 72.0 Å². The first kappa shape index (κ1) is 25.2. The molecule has 0 saturated heterocycles. The molecule has 0 radical (unpaired) electrons. The van der Waals surface area contributed by atoms with Crippen LogP contribution >= 0.6 is 24.0 Å². The van der Waals surface area contributed by atoms with Crippen LogP contribution in [0.25, 0.3) is 5.69 Å². The number of para-hydroxylation sites is 1. The van der Waals surface area contributed by atoms with Gasteiger partial charge in [-0.3, -0.25) is 9.79 Å². The molecule has 0 saturated carbocycles. The minimum Gasteiger partial charge on any atom is -0.507 e. The Bertz CT molecular complexity index is 1020. The summed E-state index contributed by atoms with van der Waals surface area (Å²) >= 11 is 0. The number of nitrogens with one attached hydrogen (secondary N) is 3. The Morgan fingerprint density at radius 3 is 2.69 bits per heavy atom. The van der Waals surface area contributed by atoms with Crippen LogP contribution in [0.5, 0.6) is 5.75 Å². The summed E-state index contributed by atoms with van der Waals surface area (Å²) in [4.78, 5) is 16.7. The van der Waals surface area contributed by atoms with Gasteiger partial charge in [-0.2, -0.15) is 5.10 Å². The van der Waals surface area contributed by atoms with E-state index < -0.39 is 0 Å². The van der Waals surface area contributed by atoms with Gasteiger partial charge in [-0.15, -0.1) is 24.0 Å². The zero-order valence-electron chi connectivity index (χ0n) is 18.2. The minimum absolute atomic E-state index is 0. The second-order valence-corrected chi connectivity index (χ2v) is 6.95. The highest BCUT2D eigenvalue weighted by Gasteiger charge is 2.11. The molecule has 0 aliphatic heterocycles. The van der Waals surface area contributed by atoms with Crippen LogP contribution in [0.1, 0.15) is 35.8 Å². The molecule has 4 N–H and O–H groups in total. The number of carbonyl (C=O) groups excluding carboxylic acids is 1. The number of guanidine groups is 1. The average Bonchev–Trinajstić information content (AvgIpc) is 3.32. The van der Waals surface area contributed by atoms with Gasteiger partial charge < -0.3 is 21.1 Å². The monoisotopic (exact) mass is 548 g/mol. The van der Waals surface area contributed by atoms with Crippen molar-refractivity contribution in [1.29, 1.82) is 0 Å². The second-order valence-electron chi connectivity index (χ2n) is 6.95. The van der Waals surface area contributed by atoms with Gasteiger partial charge in [0, 0.05) is 25.5 Å². The number of rotatable bonds is 8. The molecule has 3 aromatic rings. The number of phenolic OH excluding ortho intramolecular Hbond substituents is 1. The number of phenols is 1. The van der Waals surface area contributed by atoms with Crippen LogP contribution in [0.4, 0.5) is 0 Å². The van der Waals surface area contributed by atoms with Gasteiger partial charge in [0.1, 0.15) is 5.75 Å². The van der Waals surface area contributed by atoms with E-state index in [1.807, 2.05) is 36.0 Å². The highest BCUT2D eigenvalue weighted by molar-refractivity contribution is 14.0. The lowest BCUT2D eigenvalue weighted by Gasteiger charge is -2.19. The molecule has 1 aromatic heterocycles. The van der Waals surface area contributed by atoms with Crippen LogP contribution in [-0.4, -0.2) is 46.4 Å². The number of aliphatic imine (C=N–C) groups is 1. The molecular weight excluding hydrogens is 519 g/mol. The van der Waals surface area contributed by atoms with E-state index in [1.54, 1.807) is 24.4 Å². The fourth-order valence-corrected chi connectivity index (χ4v) is 3.06. The van der Waals surface area contributed by atoms with E-state index in [9.17, 15) is 9.90 Å². The topological polar surface area (TPSA) is 104 Å². The van der Waals surface area contributed by atoms with Gasteiger partial charge in [-0.1, -0.05) is 24.3 Å². The van der Waals surface area contributed by atoms with Gasteiger partial charge in [0.15, 0.2) is 5.96 Å². The second kappa shape index (κ2) is 12.7. The molecular formula is C23H29IN6O2. The van der Waals surface area contributed by atoms with E-state index in [-0.39, 0.29) is 47.2 Å². The smallest absolute Gasteiger partial charge is 0.255 e. The van der Waals surface area contributed by atoms with Crippen LogP contribution in [0.3, 0.4) is 0 Å². The Morgan fingerprint density at radius 2 is 1.97 bits per heavy atom. The van der Waals surface area contributed by atoms with Crippen molar-refractivity contribution in [1.82, 2.24) is 25.7 Å². The number of hydrogen-bond donors (Lipinski definition) is 4. The van der Waals surface area contributed by atoms with Crippen molar-refractivity contribution in [3.63, 3.8) is 0 Å². The van der Waals surface area contributed by atoms with Crippen molar-refractivity contribution in [3.8, 4) is 11.4 Å². The molecule has 170 valence electrons. The van der Waals surface area contributed by atoms with E-state index >= 15 is 0 Å². The first-order valence-electron chi connectivity index (χ1n) is 10.3. The third-order valence-electron chi connectivity index (χ3n) is 4.65. The van der Waals surface area contributed by atoms with Crippen molar-refractivity contribution >= 4 is 35.8 Å². The largest absolute Gasteiger partial charge is 0.507 e. The highest BCUT2D eigenvalue weighted by atomic mass is 127. The standard InChI is InChI=1S/C23H28N6O2.HI/c1-3-24-23(26-14-13-25-22(31)20-10-4-5-11-21(20)30)28-17(2)18-8-6-9-19(16-18)29-15-7-12-27-29;/h4-12,15-17,30H,3,13-14H2,1-2H3,(H,25,31)(H2,24,26,28);1H. The van der Waals surface area contributed by atoms with Gasteiger partial charge in [0.05, 0.1) is 23.8 Å². The van der Waals surface area contributed by atoms with Crippen molar-refractivity contribution in [2.24, 2.45) is 4.99 Å². The third-order valence-corrected chi connectivity index (χ3v) is 4.65. The third kappa shape index (κ3) is 6.98. The number of nitrogens with zero attached hydrogens (tertiary/aromatic N) is 3. The molecule has 8 nitrogen and oxygen atoms in total. The fourth-order valence-electron chi connectivity index (χ4n) is 3.06. The lowest BCUT2D eigenvalue weighted by Crippen LogP contribution is -2.39. The Labute approximate surface area is 205 Å². The van der Waals surface area contributed by atoms with Gasteiger partial charge >= 0.3 is 0 Å². The maximum absolute atomic E-state index is 12.2. The first-order chi connectivity index (χ1) is 15.1. The quantitative estimate of drug-likeness (QED) is 0.150. The maximum atomic E-state index is 12.2. The first-order valence-corrected chi connectivity index (χ1v) is 10.3. The van der Waals surface area contributed by atoms with Crippen molar-refractivity contribution in [2.75, 3.05) is 19.6 Å². The zero-order valence-corrected chi connectivity index (χ0v) is 20.5. The van der Waals surface area contributed by atoms with E-state index in [1.165, 1.54) is 6.07 Å². The summed E-state index contributed by atoms with van der Waals surface area (Å²) in [5, 5.41) is 23.4. The molecule has 1 heterocycles. The maximum Gasteiger partial charge on any atom is 0.255 e. The van der Waals surface area contributed by atoms with Gasteiger partial charge in [-0.05, 0) is 49.7 Å². The predicted octanol–water partition coefficient (Wildman–Crippen LogP) is 3.24. The molecule has 0 spiro atoms. The molecule has 1 atom stereocenters. The van der Waals surface area contributed by atoms with E-state index in [4.69, 9.17) is 0 Å². The molecule has 3 rings (SSSR count). The van der Waals surface area contributed by atoms with E-state index in [2.05, 4.69) is 45.1 Å². The zero-order chi connectivity index (χ0) is 22.1. The van der Waals surface area contributed by atoms with Crippen LogP contribution in [-0.2, 0) is 0 Å². The predicted molar refractivity (Wildman–Crippen MR) is 137 cm³/mol. The summed E-state index contributed by atoms with van der Waals surface area (Å²) < 4.78 is 1.82. The molecule has 1 amide bonds. The number of halogens is 1. The Morgan fingerprint density at radius 1 is 1.16 bits per heavy atom. The number of aromatic nitrogens is 2. The van der Waals surface area contributed by atoms with Crippen LogP contribution < -0.4 is 16.0 Å². The molecule has 2 aromatic carbocycles. The SMILES string of the molecule is CCNC(=NCCNC(=O)c1ccccc1O)NC(C)c1cccc(-n2cccn2)c1.I. The van der Waals surface area contributed by atoms with Crippen molar-refractivity contribution < 1.29 is 9.90 Å². The van der Waals surface area contributed by atoms with Gasteiger partial charge in [-0.25, -0.2) is 4.68 Å². The summed E-state index contributed by atoms with van der Waals surface area (Å²) in [6, 6.07) is 16.5. The Hall–Kier alpha value is -3.08. The van der Waals surface area contributed by atoms with Gasteiger partial charge in [0.2, 0.25) is 0 Å². The van der Waals surface area contributed by atoms with Crippen molar-refractivity contribution in [3.05, 3.63) is 78.1 Å². The molecule has 1 unspecified atom stereocenters. The molecule has 0 aliphatic rings. The number of aromatic hydroxyl groups is 1. The van der Waals surface area contributed by atoms with E-state index in [0.717, 1.165) is 17.8 Å². The summed E-state index contributed by atoms with van der Waals surface area (Å²) in [5.41, 5.74) is 2.35. The normalized spacial score (nSPS) is 11.9. The van der Waals surface area contributed by atoms with Crippen LogP contribution in [0, 0.1) is 0 Å². The average molecular weight is 548 g/mol. The van der Waals surface area contributed by atoms with E-state index in [0.29, 0.717) is 19.0 Å². The molecule has 0 fully saturated rings.